The number of ether oxygens (including phenoxy) is 4. The van der Waals surface area contributed by atoms with Crippen LogP contribution in [0, 0.1) is 6.92 Å². The van der Waals surface area contributed by atoms with Gasteiger partial charge < -0.3 is 24.7 Å². The summed E-state index contributed by atoms with van der Waals surface area (Å²) in [6, 6.07) is 15.6. The number of nitrogens with zero attached hydrogens (tertiary/aromatic N) is 2. The number of fused-ring (bicyclic) bond motifs is 1. The molecule has 1 atom stereocenters. The molecular weight excluding hydrogens is 766 g/mol. The van der Waals surface area contributed by atoms with Crippen molar-refractivity contribution in [1.82, 2.24) is 9.47 Å². The van der Waals surface area contributed by atoms with Crippen LogP contribution in [-0.2, 0) is 36.8 Å². The quantitative estimate of drug-likeness (QED) is 0.0767. The second-order valence-corrected chi connectivity index (χ2v) is 14.5. The summed E-state index contributed by atoms with van der Waals surface area (Å²) in [5, 5.41) is 1.14. The molecule has 0 amide bonds. The number of benzene rings is 3. The lowest BCUT2D eigenvalue weighted by molar-refractivity contribution is -0.151. The Morgan fingerprint density at radius 1 is 0.981 bits per heavy atom. The molecule has 0 aliphatic heterocycles. The molecule has 1 aliphatic carbocycles. The summed E-state index contributed by atoms with van der Waals surface area (Å²) in [5.41, 5.74) is 10.2. The normalized spacial score (nSPS) is 13.9. The monoisotopic (exact) mass is 809 g/mol. The number of nitrogens with two attached hydrogens (primary N) is 1. The molecule has 53 heavy (non-hydrogen) atoms. The first-order valence-corrected chi connectivity index (χ1v) is 18.9. The highest BCUT2D eigenvalue weighted by Gasteiger charge is 2.26. The van der Waals surface area contributed by atoms with Gasteiger partial charge in [0.05, 0.1) is 30.3 Å². The van der Waals surface area contributed by atoms with Gasteiger partial charge in [0.1, 0.15) is 19.0 Å². The Kier molecular flexibility index (Phi) is 13.6. The predicted octanol–water partition coefficient (Wildman–Crippen LogP) is 7.67. The molecule has 3 aromatic carbocycles. The third-order valence-electron chi connectivity index (χ3n) is 9.66. The van der Waals surface area contributed by atoms with Gasteiger partial charge in [-0.15, -0.1) is 0 Å². The molecule has 5 rings (SSSR count). The lowest BCUT2D eigenvalue weighted by atomic mass is 9.93. The molecule has 0 spiro atoms. The van der Waals surface area contributed by atoms with Crippen molar-refractivity contribution in [3.63, 3.8) is 0 Å². The summed E-state index contributed by atoms with van der Waals surface area (Å²) in [7, 11) is 1.53. The number of hydrogen-bond donors (Lipinski definition) is 1. The zero-order valence-electron chi connectivity index (χ0n) is 30.4. The highest BCUT2D eigenvalue weighted by atomic mass is 79.9. The van der Waals surface area contributed by atoms with Gasteiger partial charge in [0.25, 0.3) is 5.91 Å². The van der Waals surface area contributed by atoms with Crippen LogP contribution in [0.2, 0.25) is 5.02 Å². The van der Waals surface area contributed by atoms with Crippen molar-refractivity contribution < 1.29 is 38.1 Å². The summed E-state index contributed by atoms with van der Waals surface area (Å²) < 4.78 is 24.1. The molecule has 0 saturated heterocycles. The van der Waals surface area contributed by atoms with Crippen molar-refractivity contribution in [3.8, 4) is 5.75 Å². The van der Waals surface area contributed by atoms with Gasteiger partial charge in [-0.3, -0.25) is 23.9 Å². The van der Waals surface area contributed by atoms with Gasteiger partial charge in [0.2, 0.25) is 0 Å². The molecule has 0 radical (unpaired) electrons. The van der Waals surface area contributed by atoms with Crippen LogP contribution in [0.3, 0.4) is 0 Å². The minimum Gasteiger partial charge on any atom is -0.497 e. The van der Waals surface area contributed by atoms with Crippen molar-refractivity contribution in [2.75, 3.05) is 32.6 Å². The number of carbonyl (C=O) groups is 4. The number of methoxy groups -OCH3 is 1. The van der Waals surface area contributed by atoms with E-state index in [1.807, 2.05) is 0 Å². The predicted molar refractivity (Wildman–Crippen MR) is 206 cm³/mol. The SMILES string of the molecule is CCN(Cc1cc(C(=O)OC(COC(C)=O)COC(=O)Cc2c(C)n(C(=O)c3ccc(Cl)cc3)c3ccc(OC)cc23)cc(Br)c1N)C1CCCCC1. The number of rotatable bonds is 14. The molecule has 13 heteroatoms. The Morgan fingerprint density at radius 2 is 1.68 bits per heavy atom. The average Bonchev–Trinajstić information content (AvgIpc) is 3.42. The van der Waals surface area contributed by atoms with Gasteiger partial charge in [-0.1, -0.05) is 37.8 Å². The largest absolute Gasteiger partial charge is 0.497 e. The molecule has 1 aromatic heterocycles. The highest BCUT2D eigenvalue weighted by Crippen LogP contribution is 2.32. The van der Waals surface area contributed by atoms with Gasteiger partial charge in [-0.05, 0) is 108 Å². The molecule has 4 aromatic rings. The number of anilines is 1. The first-order valence-electron chi connectivity index (χ1n) is 17.7. The van der Waals surface area contributed by atoms with E-state index in [9.17, 15) is 19.2 Å². The van der Waals surface area contributed by atoms with Crippen LogP contribution in [0.4, 0.5) is 5.69 Å². The van der Waals surface area contributed by atoms with E-state index >= 15 is 0 Å². The summed E-state index contributed by atoms with van der Waals surface area (Å²) in [5.74, 6) is -1.66. The number of hydrogen-bond acceptors (Lipinski definition) is 10. The van der Waals surface area contributed by atoms with Crippen LogP contribution in [0.25, 0.3) is 10.9 Å². The molecule has 1 heterocycles. The number of halogens is 2. The average molecular weight is 811 g/mol. The number of nitrogen functional groups attached to an aromatic ring is 1. The number of carbonyl (C=O) groups excluding carboxylic acids is 4. The van der Waals surface area contributed by atoms with Gasteiger partial charge in [-0.25, -0.2) is 4.79 Å². The van der Waals surface area contributed by atoms with E-state index in [1.165, 1.54) is 33.3 Å². The summed E-state index contributed by atoms with van der Waals surface area (Å²) in [4.78, 5) is 54.7. The van der Waals surface area contributed by atoms with Crippen LogP contribution in [0.5, 0.6) is 5.75 Å². The van der Waals surface area contributed by atoms with Gasteiger partial charge in [0.15, 0.2) is 6.10 Å². The summed E-state index contributed by atoms with van der Waals surface area (Å²) >= 11 is 9.55. The van der Waals surface area contributed by atoms with E-state index in [-0.39, 0.29) is 31.1 Å². The zero-order chi connectivity index (χ0) is 38.2. The Morgan fingerprint density at radius 3 is 2.34 bits per heavy atom. The van der Waals surface area contributed by atoms with E-state index in [2.05, 4.69) is 27.8 Å². The topological polar surface area (TPSA) is 139 Å². The van der Waals surface area contributed by atoms with E-state index in [0.29, 0.717) is 61.2 Å². The molecule has 1 aliphatic rings. The Hall–Kier alpha value is -4.39. The lowest BCUT2D eigenvalue weighted by Crippen LogP contribution is -2.36. The molecule has 11 nitrogen and oxygen atoms in total. The second kappa shape index (κ2) is 18.1. The standard InChI is InChI=1S/C40H45BrClN3O8/c1-5-44(30-9-7-6-8-10-30)21-28-17-27(18-35(41)38(28)43)40(49)53-32(22-51-25(3)46)23-52-37(47)20-33-24(2)45(36-16-15-31(50-4)19-34(33)36)39(48)26-11-13-29(42)14-12-26/h11-19,30,32H,5-10,20-23,43H2,1-4H3. The lowest BCUT2D eigenvalue weighted by Gasteiger charge is -2.34. The fraction of sp³-hybridized carbons (Fsp3) is 0.400. The van der Waals surface area contributed by atoms with E-state index in [0.717, 1.165) is 24.9 Å². The first-order chi connectivity index (χ1) is 25.4. The van der Waals surface area contributed by atoms with Crippen molar-refractivity contribution in [1.29, 1.82) is 0 Å². The fourth-order valence-corrected chi connectivity index (χ4v) is 7.44. The molecule has 2 N–H and O–H groups in total. The van der Waals surface area contributed by atoms with E-state index < -0.39 is 24.0 Å². The van der Waals surface area contributed by atoms with Crippen LogP contribution in [0.1, 0.15) is 83.5 Å². The van der Waals surface area contributed by atoms with Crippen LogP contribution >= 0.6 is 27.5 Å². The Labute approximate surface area is 322 Å². The molecule has 0 bridgehead atoms. The number of esters is 3. The number of aromatic nitrogens is 1. The summed E-state index contributed by atoms with van der Waals surface area (Å²) in [6.45, 7) is 5.83. The third kappa shape index (κ3) is 9.78. The van der Waals surface area contributed by atoms with Crippen molar-refractivity contribution in [2.45, 2.75) is 78.0 Å². The molecule has 1 saturated carbocycles. The first kappa shape index (κ1) is 39.8. The fourth-order valence-electron chi connectivity index (χ4n) is 6.81. The minimum atomic E-state index is -1.10. The van der Waals surface area contributed by atoms with Gasteiger partial charge >= 0.3 is 17.9 Å². The molecule has 1 fully saturated rings. The maximum Gasteiger partial charge on any atom is 0.338 e. The van der Waals surface area contributed by atoms with Crippen LogP contribution in [0.15, 0.2) is 59.1 Å². The van der Waals surface area contributed by atoms with Crippen molar-refractivity contribution in [2.24, 2.45) is 0 Å². The van der Waals surface area contributed by atoms with E-state index in [4.69, 9.17) is 36.3 Å². The minimum absolute atomic E-state index is 0.201. The van der Waals surface area contributed by atoms with Gasteiger partial charge in [-0.2, -0.15) is 0 Å². The van der Waals surface area contributed by atoms with Crippen molar-refractivity contribution in [3.05, 3.63) is 92.0 Å². The van der Waals surface area contributed by atoms with Crippen molar-refractivity contribution >= 4 is 67.9 Å². The molecule has 1 unspecified atom stereocenters. The highest BCUT2D eigenvalue weighted by molar-refractivity contribution is 9.10. The smallest absolute Gasteiger partial charge is 0.338 e. The maximum absolute atomic E-state index is 13.7. The zero-order valence-corrected chi connectivity index (χ0v) is 32.8. The Bertz CT molecular complexity index is 1970. The maximum atomic E-state index is 13.7. The Balaban J connectivity index is 1.33. The van der Waals surface area contributed by atoms with Crippen LogP contribution in [-0.4, -0.2) is 72.3 Å². The molecule has 282 valence electrons. The molecular formula is C40H45BrClN3O8. The second-order valence-electron chi connectivity index (χ2n) is 13.2. The van der Waals surface area contributed by atoms with E-state index in [1.54, 1.807) is 66.1 Å². The third-order valence-corrected chi connectivity index (χ3v) is 10.6. The summed E-state index contributed by atoms with van der Waals surface area (Å²) in [6.07, 6.45) is 4.60. The van der Waals surface area contributed by atoms with Gasteiger partial charge in [0, 0.05) is 45.6 Å². The van der Waals surface area contributed by atoms with Crippen LogP contribution < -0.4 is 10.5 Å².